The first kappa shape index (κ1) is 26.0. The standard InChI is InChI=1S/C31H29N7O3/c1-4-24-26(14-16-33-28(24)37-18-17-36(31(37)40)23-11-8-15-32-20-23)25-13-12-22(19-27(25)21-9-6-5-7-10-21)38-29(41-3)34-35(2)30(38)39/h5-16,19-20H,4,17-18H2,1-3H3. The van der Waals surface area contributed by atoms with Crippen molar-refractivity contribution in [1.82, 2.24) is 24.3 Å². The van der Waals surface area contributed by atoms with E-state index in [-0.39, 0.29) is 17.7 Å². The minimum absolute atomic E-state index is 0.126. The number of aromatic nitrogens is 5. The quantitative estimate of drug-likeness (QED) is 0.293. The number of nitrogens with zero attached hydrogens (tertiary/aromatic N) is 7. The van der Waals surface area contributed by atoms with E-state index in [9.17, 15) is 9.59 Å². The fourth-order valence-corrected chi connectivity index (χ4v) is 5.36. The van der Waals surface area contributed by atoms with E-state index >= 15 is 0 Å². The highest BCUT2D eigenvalue weighted by Crippen LogP contribution is 2.39. The van der Waals surface area contributed by atoms with Crippen molar-refractivity contribution < 1.29 is 9.53 Å². The molecule has 6 rings (SSSR count). The summed E-state index contributed by atoms with van der Waals surface area (Å²) in [6, 6.07) is 21.6. The van der Waals surface area contributed by atoms with E-state index in [0.29, 0.717) is 31.0 Å². The van der Waals surface area contributed by atoms with Crippen LogP contribution >= 0.6 is 0 Å². The highest BCUT2D eigenvalue weighted by atomic mass is 16.5. The number of methoxy groups -OCH3 is 1. The third kappa shape index (κ3) is 4.53. The Morgan fingerprint density at radius 1 is 0.854 bits per heavy atom. The molecule has 5 aromatic rings. The summed E-state index contributed by atoms with van der Waals surface area (Å²) in [5, 5.41) is 4.20. The van der Waals surface area contributed by atoms with E-state index in [1.807, 2.05) is 66.7 Å². The molecule has 10 nitrogen and oxygen atoms in total. The number of anilines is 2. The molecule has 41 heavy (non-hydrogen) atoms. The zero-order valence-electron chi connectivity index (χ0n) is 23.1. The van der Waals surface area contributed by atoms with Crippen LogP contribution in [-0.4, -0.2) is 50.5 Å². The van der Waals surface area contributed by atoms with Crippen LogP contribution in [0.3, 0.4) is 0 Å². The highest BCUT2D eigenvalue weighted by molar-refractivity contribution is 6.06. The van der Waals surface area contributed by atoms with E-state index in [1.54, 1.807) is 35.4 Å². The number of carbonyl (C=O) groups is 1. The second kappa shape index (κ2) is 10.7. The molecule has 0 spiro atoms. The lowest BCUT2D eigenvalue weighted by Gasteiger charge is -2.22. The average Bonchev–Trinajstić information content (AvgIpc) is 3.55. The van der Waals surface area contributed by atoms with Gasteiger partial charge in [0.05, 0.1) is 24.7 Å². The van der Waals surface area contributed by atoms with E-state index < -0.39 is 0 Å². The van der Waals surface area contributed by atoms with Gasteiger partial charge in [-0.2, -0.15) is 0 Å². The molecule has 1 aliphatic heterocycles. The lowest BCUT2D eigenvalue weighted by molar-refractivity contribution is 0.255. The summed E-state index contributed by atoms with van der Waals surface area (Å²) in [4.78, 5) is 38.8. The van der Waals surface area contributed by atoms with Crippen LogP contribution in [0.15, 0.2) is 90.1 Å². The van der Waals surface area contributed by atoms with Crippen molar-refractivity contribution in [3.05, 3.63) is 101 Å². The largest absolute Gasteiger partial charge is 0.467 e. The highest BCUT2D eigenvalue weighted by Gasteiger charge is 2.33. The Balaban J connectivity index is 1.49. The minimum atomic E-state index is -0.306. The van der Waals surface area contributed by atoms with Crippen LogP contribution in [0.2, 0.25) is 0 Å². The van der Waals surface area contributed by atoms with Crippen LogP contribution in [0.4, 0.5) is 16.3 Å². The monoisotopic (exact) mass is 547 g/mol. The first-order chi connectivity index (χ1) is 20.0. The Labute approximate surface area is 237 Å². The molecule has 2 amide bonds. The summed E-state index contributed by atoms with van der Waals surface area (Å²) >= 11 is 0. The number of benzene rings is 2. The number of aryl methyl sites for hydroxylation is 1. The Kier molecular flexibility index (Phi) is 6.80. The normalized spacial score (nSPS) is 13.2. The Bertz CT molecular complexity index is 1780. The van der Waals surface area contributed by atoms with Crippen LogP contribution < -0.4 is 20.2 Å². The lowest BCUT2D eigenvalue weighted by Crippen LogP contribution is -2.33. The third-order valence-corrected chi connectivity index (χ3v) is 7.32. The van der Waals surface area contributed by atoms with Crippen molar-refractivity contribution in [2.24, 2.45) is 7.05 Å². The van der Waals surface area contributed by atoms with E-state index in [4.69, 9.17) is 9.72 Å². The lowest BCUT2D eigenvalue weighted by atomic mass is 9.91. The van der Waals surface area contributed by atoms with Crippen LogP contribution in [-0.2, 0) is 13.5 Å². The van der Waals surface area contributed by atoms with E-state index in [2.05, 4.69) is 17.0 Å². The van der Waals surface area contributed by atoms with Gasteiger partial charge in [-0.05, 0) is 59.0 Å². The van der Waals surface area contributed by atoms with Gasteiger partial charge in [-0.1, -0.05) is 43.3 Å². The van der Waals surface area contributed by atoms with Gasteiger partial charge in [0.25, 0.3) is 0 Å². The molecule has 1 fully saturated rings. The van der Waals surface area contributed by atoms with Gasteiger partial charge < -0.3 is 4.74 Å². The summed E-state index contributed by atoms with van der Waals surface area (Å²) < 4.78 is 8.10. The molecule has 1 aliphatic rings. The molecule has 0 unspecified atom stereocenters. The number of rotatable bonds is 7. The first-order valence-corrected chi connectivity index (χ1v) is 13.4. The number of hydrogen-bond donors (Lipinski definition) is 0. The molecule has 1 saturated heterocycles. The molecule has 3 aromatic heterocycles. The number of carbonyl (C=O) groups excluding carboxylic acids is 1. The van der Waals surface area contributed by atoms with Crippen LogP contribution in [0, 0.1) is 0 Å². The van der Waals surface area contributed by atoms with Crippen LogP contribution in [0.1, 0.15) is 12.5 Å². The van der Waals surface area contributed by atoms with Gasteiger partial charge in [-0.3, -0.25) is 14.8 Å². The summed E-state index contributed by atoms with van der Waals surface area (Å²) in [6.45, 7) is 3.14. The second-order valence-electron chi connectivity index (χ2n) is 9.64. The summed E-state index contributed by atoms with van der Waals surface area (Å²) in [5.74, 6) is 0.648. The number of hydrogen-bond acceptors (Lipinski definition) is 6. The maximum atomic E-state index is 13.5. The molecule has 206 valence electrons. The van der Waals surface area contributed by atoms with Gasteiger partial charge in [0.2, 0.25) is 0 Å². The molecular formula is C31H29N7O3. The fourth-order valence-electron chi connectivity index (χ4n) is 5.36. The molecule has 0 radical (unpaired) electrons. The molecule has 0 atom stereocenters. The van der Waals surface area contributed by atoms with E-state index in [0.717, 1.165) is 33.5 Å². The van der Waals surface area contributed by atoms with Gasteiger partial charge in [-0.25, -0.2) is 23.8 Å². The molecule has 0 saturated carbocycles. The van der Waals surface area contributed by atoms with Gasteiger partial charge in [0, 0.05) is 38.1 Å². The summed E-state index contributed by atoms with van der Waals surface area (Å²) in [5.41, 5.74) is 5.91. The Hall–Kier alpha value is -5.25. The number of amides is 2. The van der Waals surface area contributed by atoms with Crippen LogP contribution in [0.5, 0.6) is 6.01 Å². The van der Waals surface area contributed by atoms with Crippen LogP contribution in [0.25, 0.3) is 27.9 Å². The van der Waals surface area contributed by atoms with Crippen molar-refractivity contribution in [2.75, 3.05) is 30.0 Å². The van der Waals surface area contributed by atoms with Crippen molar-refractivity contribution in [2.45, 2.75) is 13.3 Å². The molecule has 0 N–H and O–H groups in total. The molecular weight excluding hydrogens is 518 g/mol. The summed E-state index contributed by atoms with van der Waals surface area (Å²) in [7, 11) is 3.08. The van der Waals surface area contributed by atoms with Gasteiger partial charge in [0.1, 0.15) is 5.82 Å². The minimum Gasteiger partial charge on any atom is -0.467 e. The topological polar surface area (TPSA) is 98.4 Å². The smallest absolute Gasteiger partial charge is 0.353 e. The van der Waals surface area contributed by atoms with Gasteiger partial charge in [-0.15, -0.1) is 5.10 Å². The molecule has 0 aliphatic carbocycles. The maximum absolute atomic E-state index is 13.5. The van der Waals surface area contributed by atoms with Crippen molar-refractivity contribution in [3.8, 4) is 34.0 Å². The number of ether oxygens (including phenoxy) is 1. The van der Waals surface area contributed by atoms with Crippen molar-refractivity contribution >= 4 is 17.5 Å². The summed E-state index contributed by atoms with van der Waals surface area (Å²) in [6.07, 6.45) is 5.81. The Morgan fingerprint density at radius 2 is 1.66 bits per heavy atom. The first-order valence-electron chi connectivity index (χ1n) is 13.4. The fraction of sp³-hybridized carbons (Fsp3) is 0.194. The SMILES string of the molecule is CCc1c(-c2ccc(-n3c(OC)nn(C)c3=O)cc2-c2ccccc2)ccnc1N1CCN(c2cccnc2)C1=O. The van der Waals surface area contributed by atoms with Gasteiger partial charge in [0.15, 0.2) is 0 Å². The molecule has 4 heterocycles. The number of pyridine rings is 2. The second-order valence-corrected chi connectivity index (χ2v) is 9.64. The zero-order chi connectivity index (χ0) is 28.5. The molecule has 0 bridgehead atoms. The van der Waals surface area contributed by atoms with Gasteiger partial charge >= 0.3 is 17.7 Å². The zero-order valence-corrected chi connectivity index (χ0v) is 23.1. The predicted octanol–water partition coefficient (Wildman–Crippen LogP) is 4.71. The van der Waals surface area contributed by atoms with Crippen molar-refractivity contribution in [3.63, 3.8) is 0 Å². The van der Waals surface area contributed by atoms with Crippen molar-refractivity contribution in [1.29, 1.82) is 0 Å². The molecule has 2 aromatic carbocycles. The third-order valence-electron chi connectivity index (χ3n) is 7.32. The maximum Gasteiger partial charge on any atom is 0.353 e. The number of urea groups is 1. The Morgan fingerprint density at radius 3 is 2.39 bits per heavy atom. The molecule has 10 heteroatoms. The van der Waals surface area contributed by atoms with E-state index in [1.165, 1.54) is 16.4 Å². The predicted molar refractivity (Wildman–Crippen MR) is 158 cm³/mol. The average molecular weight is 548 g/mol.